The molecule has 5 N–H and O–H groups in total. The number of nitrogens with two attached hydrogens (primary N) is 1. The fraction of sp³-hybridized carbons (Fsp3) is 0.951. The Balaban J connectivity index is 1.18. The summed E-state index contributed by atoms with van der Waals surface area (Å²) < 4.78 is 18.9. The Morgan fingerprint density at radius 2 is 1.65 bits per heavy atom. The maximum atomic E-state index is 14.4. The van der Waals surface area contributed by atoms with Gasteiger partial charge in [0.05, 0.1) is 36.4 Å². The number of nitrogens with zero attached hydrogens (tertiary/aromatic N) is 1. The van der Waals surface area contributed by atoms with Crippen LogP contribution in [0.15, 0.2) is 0 Å². The van der Waals surface area contributed by atoms with E-state index in [9.17, 15) is 14.7 Å². The van der Waals surface area contributed by atoms with Gasteiger partial charge in [0.2, 0.25) is 11.8 Å². The number of nitrogens with one attached hydrogen (secondary N) is 2. The molecular weight excluding hydrogens is 660 g/mol. The second-order valence-corrected chi connectivity index (χ2v) is 18.4. The molecule has 14 atom stereocenters. The van der Waals surface area contributed by atoms with E-state index in [2.05, 4.69) is 31.4 Å². The smallest absolute Gasteiger partial charge is 0.240 e. The number of hydrogen-bond acceptors (Lipinski definition) is 9. The van der Waals surface area contributed by atoms with Crippen LogP contribution in [0.2, 0.25) is 0 Å². The van der Waals surface area contributed by atoms with Crippen LogP contribution < -0.4 is 16.4 Å². The van der Waals surface area contributed by atoms with E-state index in [1.165, 1.54) is 6.42 Å². The molecule has 6 unspecified atom stereocenters. The number of amides is 2. The number of aliphatic hydroxyl groups excluding tert-OH is 1. The highest BCUT2D eigenvalue weighted by Gasteiger charge is 2.58. The molecule has 0 spiro atoms. The lowest BCUT2D eigenvalue weighted by Gasteiger charge is -2.62. The van der Waals surface area contributed by atoms with Crippen LogP contribution in [0.3, 0.4) is 0 Å². The molecule has 0 aromatic heterocycles. The number of hydrogen-bond donors (Lipinski definition) is 4. The first-order valence-electron chi connectivity index (χ1n) is 20.9. The van der Waals surface area contributed by atoms with Crippen molar-refractivity contribution in [1.29, 1.82) is 0 Å². The van der Waals surface area contributed by atoms with Crippen molar-refractivity contribution in [3.8, 4) is 0 Å². The van der Waals surface area contributed by atoms with Gasteiger partial charge >= 0.3 is 0 Å². The molecule has 2 bridgehead atoms. The van der Waals surface area contributed by atoms with Gasteiger partial charge in [0, 0.05) is 58.8 Å². The topological polar surface area (TPSA) is 145 Å². The van der Waals surface area contributed by atoms with Crippen molar-refractivity contribution in [2.24, 2.45) is 64.4 Å². The van der Waals surface area contributed by atoms with Crippen LogP contribution in [0.25, 0.3) is 0 Å². The Bertz CT molecular complexity index is 1200. The quantitative estimate of drug-likeness (QED) is 0.218. The minimum absolute atomic E-state index is 0.0622. The van der Waals surface area contributed by atoms with E-state index in [0.29, 0.717) is 48.3 Å². The number of ether oxygens (including phenoxy) is 3. The van der Waals surface area contributed by atoms with Crippen LogP contribution in [0, 0.1) is 58.7 Å². The second kappa shape index (κ2) is 17.2. The highest BCUT2D eigenvalue weighted by atomic mass is 16.7. The Labute approximate surface area is 313 Å². The van der Waals surface area contributed by atoms with E-state index in [0.717, 1.165) is 70.6 Å². The number of hydroxylamine groups is 2. The minimum atomic E-state index is -0.755. The van der Waals surface area contributed by atoms with Gasteiger partial charge in [0.1, 0.15) is 6.04 Å². The molecule has 11 nitrogen and oxygen atoms in total. The van der Waals surface area contributed by atoms with Gasteiger partial charge < -0.3 is 35.7 Å². The largest absolute Gasteiger partial charge is 0.393 e. The Morgan fingerprint density at radius 1 is 0.962 bits per heavy atom. The number of fused-ring (bicyclic) bond motifs is 2. The van der Waals surface area contributed by atoms with Gasteiger partial charge in [-0.1, -0.05) is 33.6 Å². The molecule has 298 valence electrons. The van der Waals surface area contributed by atoms with Crippen LogP contribution >= 0.6 is 0 Å². The molecule has 7 fully saturated rings. The SMILES string of the molecule is CNC(=O)C1CCCC(C2CCCC(CN3O[C@@H](CN)[C@@H]([C@H](C)O)[C@H]3C(=O)N[C@H]3C[C@H]4C[C@@H]([C@@H]3C)C4(C)C)C2OC)C1OCC1CCC(OC)CC1. The van der Waals surface area contributed by atoms with Crippen molar-refractivity contribution in [2.75, 3.05) is 41.0 Å². The zero-order valence-electron chi connectivity index (χ0n) is 33.3. The summed E-state index contributed by atoms with van der Waals surface area (Å²) in [5.41, 5.74) is 6.57. The fourth-order valence-corrected chi connectivity index (χ4v) is 12.2. The number of carbonyl (C=O) groups is 2. The third kappa shape index (κ3) is 7.98. The van der Waals surface area contributed by atoms with Gasteiger partial charge in [0.15, 0.2) is 0 Å². The monoisotopic (exact) mass is 733 g/mol. The van der Waals surface area contributed by atoms with Gasteiger partial charge in [-0.3, -0.25) is 14.4 Å². The summed E-state index contributed by atoms with van der Waals surface area (Å²) in [7, 11) is 5.35. The summed E-state index contributed by atoms with van der Waals surface area (Å²) in [5.74, 6) is 2.05. The summed E-state index contributed by atoms with van der Waals surface area (Å²) in [6, 6.07) is -0.517. The van der Waals surface area contributed by atoms with Gasteiger partial charge in [-0.05, 0) is 112 Å². The molecule has 1 aliphatic heterocycles. The first-order valence-corrected chi connectivity index (χ1v) is 20.9. The van der Waals surface area contributed by atoms with E-state index in [-0.39, 0.29) is 60.3 Å². The third-order valence-electron chi connectivity index (χ3n) is 15.5. The molecule has 11 heteroatoms. The maximum Gasteiger partial charge on any atom is 0.240 e. The molecule has 1 saturated heterocycles. The molecule has 6 saturated carbocycles. The standard InChI is InChI=1S/C41H72N4O7/c1-23-32-18-27(41(32,3)4)19-33(23)44-40(48)36-35(24(2)46)34(20-42)52-45(36)21-26-10-8-11-29(37(26)50-7)30-12-9-13-31(39(47)43-5)38(30)51-22-25-14-16-28(49-6)17-15-25/h23-38,46H,8-22,42H2,1-7H3,(H,43,47)(H,44,48)/t23-,24-,25?,26?,27+,28?,29?,30?,31?,32-,33-,34-,35+,36-,37?,38?/m0/s1. The van der Waals surface area contributed by atoms with E-state index in [1.807, 2.05) is 12.2 Å². The van der Waals surface area contributed by atoms with E-state index >= 15 is 0 Å². The predicted molar refractivity (Wildman–Crippen MR) is 200 cm³/mol. The Kier molecular flexibility index (Phi) is 13.3. The molecule has 7 aliphatic rings. The Morgan fingerprint density at radius 3 is 2.25 bits per heavy atom. The number of rotatable bonds is 13. The summed E-state index contributed by atoms with van der Waals surface area (Å²) >= 11 is 0. The van der Waals surface area contributed by atoms with Crippen LogP contribution in [0.4, 0.5) is 0 Å². The number of methoxy groups -OCH3 is 2. The van der Waals surface area contributed by atoms with E-state index < -0.39 is 24.2 Å². The second-order valence-electron chi connectivity index (χ2n) is 18.4. The van der Waals surface area contributed by atoms with Gasteiger partial charge in [-0.15, -0.1) is 0 Å². The summed E-state index contributed by atoms with van der Waals surface area (Å²) in [6.45, 7) is 10.2. The summed E-state index contributed by atoms with van der Waals surface area (Å²) in [5, 5.41) is 19.3. The fourth-order valence-electron chi connectivity index (χ4n) is 12.2. The van der Waals surface area contributed by atoms with Gasteiger partial charge in [-0.2, -0.15) is 5.06 Å². The molecule has 1 heterocycles. The zero-order chi connectivity index (χ0) is 37.3. The maximum absolute atomic E-state index is 14.4. The molecule has 6 aliphatic carbocycles. The van der Waals surface area contributed by atoms with Crippen molar-refractivity contribution >= 4 is 11.8 Å². The molecular formula is C41H72N4O7. The molecule has 2 amide bonds. The molecule has 52 heavy (non-hydrogen) atoms. The number of carbonyl (C=O) groups excluding carboxylic acids is 2. The van der Waals surface area contributed by atoms with E-state index in [1.54, 1.807) is 21.1 Å². The van der Waals surface area contributed by atoms with Crippen molar-refractivity contribution < 1.29 is 33.7 Å². The van der Waals surface area contributed by atoms with Crippen LogP contribution in [0.1, 0.15) is 105 Å². The van der Waals surface area contributed by atoms with Crippen molar-refractivity contribution in [3.05, 3.63) is 0 Å². The Hall–Kier alpha value is -1.34. The lowest BCUT2D eigenvalue weighted by Crippen LogP contribution is -2.62. The van der Waals surface area contributed by atoms with Crippen LogP contribution in [-0.4, -0.2) is 106 Å². The molecule has 0 aromatic carbocycles. The predicted octanol–water partition coefficient (Wildman–Crippen LogP) is 4.30. The average molecular weight is 733 g/mol. The van der Waals surface area contributed by atoms with Crippen molar-refractivity contribution in [1.82, 2.24) is 15.7 Å². The third-order valence-corrected chi connectivity index (χ3v) is 15.5. The van der Waals surface area contributed by atoms with Crippen LogP contribution in [0.5, 0.6) is 0 Å². The highest BCUT2D eigenvalue weighted by molar-refractivity contribution is 5.83. The van der Waals surface area contributed by atoms with E-state index in [4.69, 9.17) is 24.8 Å². The van der Waals surface area contributed by atoms with Crippen molar-refractivity contribution in [3.63, 3.8) is 0 Å². The molecule has 0 radical (unpaired) electrons. The molecule has 0 aromatic rings. The van der Waals surface area contributed by atoms with Crippen molar-refractivity contribution in [2.45, 2.75) is 147 Å². The normalized spacial score (nSPS) is 44.1. The van der Waals surface area contributed by atoms with Crippen LogP contribution in [-0.2, 0) is 28.6 Å². The highest BCUT2D eigenvalue weighted by Crippen LogP contribution is 2.61. The first kappa shape index (κ1) is 40.3. The lowest BCUT2D eigenvalue weighted by molar-refractivity contribution is -0.189. The molecule has 7 rings (SSSR count). The number of aliphatic hydroxyl groups is 1. The zero-order valence-corrected chi connectivity index (χ0v) is 33.3. The average Bonchev–Trinajstić information content (AvgIpc) is 3.52. The summed E-state index contributed by atoms with van der Waals surface area (Å²) in [4.78, 5) is 34.2. The first-order chi connectivity index (χ1) is 24.9. The minimum Gasteiger partial charge on any atom is -0.393 e. The lowest BCUT2D eigenvalue weighted by atomic mass is 9.45. The van der Waals surface area contributed by atoms with Gasteiger partial charge in [-0.25, -0.2) is 0 Å². The summed E-state index contributed by atoms with van der Waals surface area (Å²) in [6.07, 6.45) is 11.3. The van der Waals surface area contributed by atoms with Gasteiger partial charge in [0.25, 0.3) is 0 Å².